The Morgan fingerprint density at radius 1 is 1.13 bits per heavy atom. The topological polar surface area (TPSA) is 46.6 Å². The fraction of sp³-hybridized carbons (Fsp3) is 0.250. The summed E-state index contributed by atoms with van der Waals surface area (Å²) in [5.41, 5.74) is 0.566. The second-order valence-corrected chi connectivity index (χ2v) is 7.25. The van der Waals surface area contributed by atoms with Gasteiger partial charge in [0.15, 0.2) is 0 Å². The van der Waals surface area contributed by atoms with Gasteiger partial charge in [-0.1, -0.05) is 18.2 Å². The molecule has 122 valence electrons. The van der Waals surface area contributed by atoms with E-state index in [9.17, 15) is 17.2 Å². The normalized spacial score (nSPS) is 15.6. The van der Waals surface area contributed by atoms with Crippen molar-refractivity contribution in [2.24, 2.45) is 0 Å². The van der Waals surface area contributed by atoms with Gasteiger partial charge in [-0.3, -0.25) is 0 Å². The van der Waals surface area contributed by atoms with Crippen LogP contribution in [-0.2, 0) is 22.3 Å². The van der Waals surface area contributed by atoms with Crippen molar-refractivity contribution in [1.82, 2.24) is 4.31 Å². The van der Waals surface area contributed by atoms with E-state index >= 15 is 0 Å². The molecule has 0 amide bonds. The maximum atomic E-state index is 13.7. The van der Waals surface area contributed by atoms with E-state index in [-0.39, 0.29) is 25.3 Å². The molecule has 1 heterocycles. The van der Waals surface area contributed by atoms with Crippen molar-refractivity contribution < 1.29 is 21.9 Å². The summed E-state index contributed by atoms with van der Waals surface area (Å²) in [6.45, 7) is 0.298. The van der Waals surface area contributed by atoms with E-state index < -0.39 is 27.4 Å². The van der Waals surface area contributed by atoms with Gasteiger partial charge in [-0.15, -0.1) is 0 Å². The predicted octanol–water partition coefficient (Wildman–Crippen LogP) is 2.69. The van der Waals surface area contributed by atoms with E-state index in [4.69, 9.17) is 4.74 Å². The van der Waals surface area contributed by atoms with Crippen molar-refractivity contribution in [2.45, 2.75) is 12.3 Å². The van der Waals surface area contributed by atoms with Crippen LogP contribution in [0.25, 0.3) is 0 Å². The molecule has 0 atom stereocenters. The Labute approximate surface area is 133 Å². The van der Waals surface area contributed by atoms with E-state index in [0.717, 1.165) is 0 Å². The molecule has 0 aromatic heterocycles. The number of sulfonamides is 1. The van der Waals surface area contributed by atoms with Crippen LogP contribution < -0.4 is 4.74 Å². The van der Waals surface area contributed by atoms with Crippen molar-refractivity contribution in [2.75, 3.05) is 13.2 Å². The molecule has 1 aliphatic rings. The van der Waals surface area contributed by atoms with E-state index in [1.807, 2.05) is 0 Å². The summed E-state index contributed by atoms with van der Waals surface area (Å²) in [6, 6.07) is 9.76. The maximum Gasteiger partial charge on any atom is 0.218 e. The highest BCUT2D eigenvalue weighted by atomic mass is 32.2. The molecule has 0 unspecified atom stereocenters. The van der Waals surface area contributed by atoms with Crippen LogP contribution in [0.5, 0.6) is 5.75 Å². The van der Waals surface area contributed by atoms with Crippen LogP contribution in [0.3, 0.4) is 0 Å². The molecule has 2 aromatic carbocycles. The largest absolute Gasteiger partial charge is 0.492 e. The van der Waals surface area contributed by atoms with Gasteiger partial charge in [-0.2, -0.15) is 4.31 Å². The van der Waals surface area contributed by atoms with Crippen LogP contribution in [-0.4, -0.2) is 25.9 Å². The standard InChI is InChI=1S/C16H15F2NO3S/c17-14-5-6-16-13(9-14)10-19(7-8-22-16)23(20,21)11-12-3-1-2-4-15(12)18/h1-6,9H,7-8,10-11H2. The quantitative estimate of drug-likeness (QED) is 0.864. The van der Waals surface area contributed by atoms with Crippen LogP contribution >= 0.6 is 0 Å². The summed E-state index contributed by atoms with van der Waals surface area (Å²) in [4.78, 5) is 0. The Bertz CT molecular complexity index is 824. The first-order chi connectivity index (χ1) is 11.0. The highest BCUT2D eigenvalue weighted by Gasteiger charge is 2.27. The lowest BCUT2D eigenvalue weighted by atomic mass is 10.2. The first-order valence-corrected chi connectivity index (χ1v) is 8.69. The first kappa shape index (κ1) is 15.9. The average molecular weight is 339 g/mol. The summed E-state index contributed by atoms with van der Waals surface area (Å²) < 4.78 is 58.9. The number of ether oxygens (including phenoxy) is 1. The summed E-state index contributed by atoms with van der Waals surface area (Å²) >= 11 is 0. The van der Waals surface area contributed by atoms with E-state index in [0.29, 0.717) is 11.3 Å². The molecule has 0 bridgehead atoms. The van der Waals surface area contributed by atoms with Crippen LogP contribution in [0.2, 0.25) is 0 Å². The van der Waals surface area contributed by atoms with Crippen LogP contribution in [0, 0.1) is 11.6 Å². The van der Waals surface area contributed by atoms with Gasteiger partial charge in [-0.25, -0.2) is 17.2 Å². The van der Waals surface area contributed by atoms with Gasteiger partial charge in [0.1, 0.15) is 24.0 Å². The Hall–Kier alpha value is -1.99. The molecule has 1 aliphatic heterocycles. The number of rotatable bonds is 3. The smallest absolute Gasteiger partial charge is 0.218 e. The molecule has 23 heavy (non-hydrogen) atoms. The third kappa shape index (κ3) is 3.51. The summed E-state index contributed by atoms with van der Waals surface area (Å²) in [7, 11) is -3.75. The lowest BCUT2D eigenvalue weighted by Crippen LogP contribution is -2.33. The van der Waals surface area contributed by atoms with E-state index in [1.54, 1.807) is 6.07 Å². The molecule has 0 fully saturated rings. The van der Waals surface area contributed by atoms with Gasteiger partial charge in [0.2, 0.25) is 10.0 Å². The van der Waals surface area contributed by atoms with Gasteiger partial charge in [0.25, 0.3) is 0 Å². The van der Waals surface area contributed by atoms with Crippen molar-refractivity contribution >= 4 is 10.0 Å². The highest BCUT2D eigenvalue weighted by Crippen LogP contribution is 2.26. The number of nitrogens with zero attached hydrogens (tertiary/aromatic N) is 1. The molecular weight excluding hydrogens is 324 g/mol. The molecule has 0 saturated heterocycles. The molecular formula is C16H15F2NO3S. The number of hydrogen-bond acceptors (Lipinski definition) is 3. The summed E-state index contributed by atoms with van der Waals surface area (Å²) in [6.07, 6.45) is 0. The van der Waals surface area contributed by atoms with Gasteiger partial charge >= 0.3 is 0 Å². The Morgan fingerprint density at radius 2 is 1.91 bits per heavy atom. The summed E-state index contributed by atoms with van der Waals surface area (Å²) in [5.74, 6) is -0.992. The zero-order valence-electron chi connectivity index (χ0n) is 12.2. The molecule has 0 saturated carbocycles. The Balaban J connectivity index is 1.87. The number of halogens is 2. The number of hydrogen-bond donors (Lipinski definition) is 0. The van der Waals surface area contributed by atoms with Crippen LogP contribution in [0.1, 0.15) is 11.1 Å². The molecule has 0 aliphatic carbocycles. The van der Waals surface area contributed by atoms with Crippen LogP contribution in [0.4, 0.5) is 8.78 Å². The monoisotopic (exact) mass is 339 g/mol. The molecule has 7 heteroatoms. The second-order valence-electron chi connectivity index (χ2n) is 5.28. The highest BCUT2D eigenvalue weighted by molar-refractivity contribution is 7.88. The van der Waals surface area contributed by atoms with Crippen molar-refractivity contribution in [3.63, 3.8) is 0 Å². The lowest BCUT2D eigenvalue weighted by Gasteiger charge is -2.19. The fourth-order valence-corrected chi connectivity index (χ4v) is 3.98. The molecule has 4 nitrogen and oxygen atoms in total. The predicted molar refractivity (Wildman–Crippen MR) is 81.3 cm³/mol. The third-order valence-corrected chi connectivity index (χ3v) is 5.43. The zero-order valence-corrected chi connectivity index (χ0v) is 13.0. The molecule has 0 spiro atoms. The second kappa shape index (κ2) is 6.25. The Kier molecular flexibility index (Phi) is 4.32. The average Bonchev–Trinajstić information content (AvgIpc) is 2.72. The van der Waals surface area contributed by atoms with Gasteiger partial charge in [0, 0.05) is 24.2 Å². The minimum Gasteiger partial charge on any atom is -0.492 e. The maximum absolute atomic E-state index is 13.7. The minimum atomic E-state index is -3.75. The van der Waals surface area contributed by atoms with E-state index in [2.05, 4.69) is 0 Å². The van der Waals surface area contributed by atoms with Crippen molar-refractivity contribution in [1.29, 1.82) is 0 Å². The molecule has 0 N–H and O–H groups in total. The lowest BCUT2D eigenvalue weighted by molar-refractivity contribution is 0.292. The summed E-state index contributed by atoms with van der Waals surface area (Å²) in [5, 5.41) is 0. The number of fused-ring (bicyclic) bond motifs is 1. The van der Waals surface area contributed by atoms with Crippen molar-refractivity contribution in [3.05, 3.63) is 65.2 Å². The third-order valence-electron chi connectivity index (χ3n) is 3.66. The fourth-order valence-electron chi connectivity index (χ4n) is 2.48. The van der Waals surface area contributed by atoms with Crippen molar-refractivity contribution in [3.8, 4) is 5.75 Å². The minimum absolute atomic E-state index is 0.00385. The number of benzene rings is 2. The van der Waals surface area contributed by atoms with E-state index in [1.165, 1.54) is 40.7 Å². The Morgan fingerprint density at radius 3 is 2.70 bits per heavy atom. The SMILES string of the molecule is O=S(=O)(Cc1ccccc1F)N1CCOc2ccc(F)cc2C1. The van der Waals surface area contributed by atoms with Gasteiger partial charge < -0.3 is 4.74 Å². The molecule has 0 radical (unpaired) electrons. The van der Waals surface area contributed by atoms with Gasteiger partial charge in [-0.05, 0) is 24.3 Å². The van der Waals surface area contributed by atoms with Gasteiger partial charge in [0.05, 0.1) is 5.75 Å². The first-order valence-electron chi connectivity index (χ1n) is 7.08. The molecule has 3 rings (SSSR count). The molecule has 2 aromatic rings. The zero-order chi connectivity index (χ0) is 16.4. The van der Waals surface area contributed by atoms with Crippen LogP contribution in [0.15, 0.2) is 42.5 Å².